The van der Waals surface area contributed by atoms with E-state index in [0.717, 1.165) is 5.56 Å². The molecule has 0 unspecified atom stereocenters. The Morgan fingerprint density at radius 3 is 2.00 bits per heavy atom. The molecule has 3 rings (SSSR count). The van der Waals surface area contributed by atoms with Crippen molar-refractivity contribution in [2.75, 3.05) is 0 Å². The molecule has 0 aliphatic carbocycles. The van der Waals surface area contributed by atoms with E-state index in [2.05, 4.69) is 34.2 Å². The van der Waals surface area contributed by atoms with Crippen LogP contribution in [0.2, 0.25) is 0 Å². The lowest BCUT2D eigenvalue weighted by molar-refractivity contribution is 0.578. The fourth-order valence-electron chi connectivity index (χ4n) is 2.41. The van der Waals surface area contributed by atoms with Gasteiger partial charge < -0.3 is 0 Å². The first-order valence-corrected chi connectivity index (χ1v) is 8.23. The second kappa shape index (κ2) is 7.84. The maximum absolute atomic E-state index is 14.4. The van der Waals surface area contributed by atoms with Gasteiger partial charge in [-0.1, -0.05) is 41.7 Å². The summed E-state index contributed by atoms with van der Waals surface area (Å²) in [6.45, 7) is 1.96. The van der Waals surface area contributed by atoms with Crippen LogP contribution < -0.4 is 0 Å². The molecule has 0 fully saturated rings. The largest absolute Gasteiger partial charge is 0.205 e. The van der Waals surface area contributed by atoms with E-state index in [1.54, 1.807) is 24.3 Å². The normalized spacial score (nSPS) is 9.81. The molecule has 126 valence electrons. The van der Waals surface area contributed by atoms with Gasteiger partial charge in [-0.25, -0.2) is 8.78 Å². The minimum atomic E-state index is -0.694. The highest BCUT2D eigenvalue weighted by Crippen LogP contribution is 2.26. The Bertz CT molecular complexity index is 1030. The molecule has 0 spiro atoms. The first-order chi connectivity index (χ1) is 12.6. The molecule has 4 heteroatoms. The lowest BCUT2D eigenvalue weighted by atomic mass is 10.0. The maximum Gasteiger partial charge on any atom is 0.142 e. The average molecular weight is 361 g/mol. The van der Waals surface area contributed by atoms with Crippen molar-refractivity contribution in [2.45, 2.75) is 6.92 Å². The van der Waals surface area contributed by atoms with Gasteiger partial charge in [-0.15, -0.1) is 0 Å². The van der Waals surface area contributed by atoms with Crippen molar-refractivity contribution < 1.29 is 8.78 Å². The van der Waals surface area contributed by atoms with Crippen LogP contribution in [0.25, 0.3) is 11.1 Å². The van der Waals surface area contributed by atoms with Gasteiger partial charge >= 0.3 is 0 Å². The van der Waals surface area contributed by atoms with Crippen LogP contribution in [-0.2, 0) is 0 Å². The number of isothiocyanates is 1. The molecule has 0 saturated heterocycles. The average Bonchev–Trinajstić information content (AvgIpc) is 2.63. The van der Waals surface area contributed by atoms with Crippen LogP contribution >= 0.6 is 12.2 Å². The van der Waals surface area contributed by atoms with Crippen LogP contribution in [0, 0.1) is 30.4 Å². The van der Waals surface area contributed by atoms with Gasteiger partial charge in [0.1, 0.15) is 11.6 Å². The van der Waals surface area contributed by atoms with Crippen molar-refractivity contribution >= 4 is 23.1 Å². The van der Waals surface area contributed by atoms with Gasteiger partial charge in [-0.2, -0.15) is 4.99 Å². The summed E-state index contributed by atoms with van der Waals surface area (Å²) in [4.78, 5) is 3.85. The van der Waals surface area contributed by atoms with E-state index in [0.29, 0.717) is 22.4 Å². The van der Waals surface area contributed by atoms with E-state index in [4.69, 9.17) is 0 Å². The number of aliphatic imine (C=N–C) groups is 1. The van der Waals surface area contributed by atoms with Crippen molar-refractivity contribution in [1.29, 1.82) is 0 Å². The Hall–Kier alpha value is -3.12. The van der Waals surface area contributed by atoms with E-state index in [1.165, 1.54) is 12.1 Å². The van der Waals surface area contributed by atoms with Gasteiger partial charge in [0.15, 0.2) is 0 Å². The van der Waals surface area contributed by atoms with Crippen molar-refractivity contribution in [2.24, 2.45) is 4.99 Å². The summed E-state index contributed by atoms with van der Waals surface area (Å²) in [5, 5.41) is 2.27. The number of halogens is 2. The van der Waals surface area contributed by atoms with Gasteiger partial charge in [-0.05, 0) is 66.7 Å². The zero-order chi connectivity index (χ0) is 18.5. The predicted octanol–water partition coefficient (Wildman–Crippen LogP) is 6.07. The van der Waals surface area contributed by atoms with E-state index in [9.17, 15) is 8.78 Å². The minimum Gasteiger partial charge on any atom is -0.205 e. The highest BCUT2D eigenvalue weighted by atomic mass is 32.1. The molecule has 0 saturated carbocycles. The summed E-state index contributed by atoms with van der Waals surface area (Å²) in [5.74, 6) is 3.99. The molecule has 3 aromatic carbocycles. The van der Waals surface area contributed by atoms with Gasteiger partial charge in [0.05, 0.1) is 16.4 Å². The van der Waals surface area contributed by atoms with E-state index < -0.39 is 11.6 Å². The number of benzene rings is 3. The SMILES string of the molecule is Cc1ccc(C#Cc2c(F)cc(-c3ccc(N=C=S)cc3)cc2F)cc1. The number of rotatable bonds is 2. The molecule has 0 N–H and O–H groups in total. The van der Waals surface area contributed by atoms with E-state index in [-0.39, 0.29) is 5.56 Å². The maximum atomic E-state index is 14.4. The lowest BCUT2D eigenvalue weighted by Gasteiger charge is -2.05. The topological polar surface area (TPSA) is 12.4 Å². The summed E-state index contributed by atoms with van der Waals surface area (Å²) < 4.78 is 28.8. The fraction of sp³-hybridized carbons (Fsp3) is 0.0455. The Morgan fingerprint density at radius 2 is 1.42 bits per heavy atom. The van der Waals surface area contributed by atoms with Crippen LogP contribution in [0.4, 0.5) is 14.5 Å². The van der Waals surface area contributed by atoms with Crippen molar-refractivity contribution in [1.82, 2.24) is 0 Å². The molecular formula is C22H13F2NS. The number of hydrogen-bond donors (Lipinski definition) is 0. The van der Waals surface area contributed by atoms with E-state index >= 15 is 0 Å². The molecule has 3 aromatic rings. The molecular weight excluding hydrogens is 348 g/mol. The van der Waals surface area contributed by atoms with Crippen LogP contribution in [-0.4, -0.2) is 5.16 Å². The molecule has 0 atom stereocenters. The lowest BCUT2D eigenvalue weighted by Crippen LogP contribution is -1.92. The molecule has 0 bridgehead atoms. The quantitative estimate of drug-likeness (QED) is 0.306. The third-order valence-corrected chi connectivity index (χ3v) is 3.89. The summed E-state index contributed by atoms with van der Waals surface area (Å²) in [5.41, 5.74) is 3.29. The van der Waals surface area contributed by atoms with Gasteiger partial charge in [0.2, 0.25) is 0 Å². The highest BCUT2D eigenvalue weighted by Gasteiger charge is 2.10. The number of hydrogen-bond acceptors (Lipinski definition) is 2. The minimum absolute atomic E-state index is 0.240. The van der Waals surface area contributed by atoms with Crippen molar-refractivity contribution in [3.8, 4) is 23.0 Å². The molecule has 0 aliphatic heterocycles. The van der Waals surface area contributed by atoms with Crippen LogP contribution in [0.5, 0.6) is 0 Å². The third-order valence-electron chi connectivity index (χ3n) is 3.80. The zero-order valence-electron chi connectivity index (χ0n) is 13.9. The summed E-state index contributed by atoms with van der Waals surface area (Å²) in [7, 11) is 0. The molecule has 0 aliphatic rings. The van der Waals surface area contributed by atoms with Crippen molar-refractivity contribution in [3.05, 3.63) is 89.0 Å². The second-order valence-corrected chi connectivity index (χ2v) is 5.86. The standard InChI is InChI=1S/C22H13F2NS/c1-15-2-4-16(5-3-15)6-11-20-21(23)12-18(13-22(20)24)17-7-9-19(10-8-17)25-14-26/h2-5,7-10,12-13H,1H3. The van der Waals surface area contributed by atoms with E-state index in [1.807, 2.05) is 31.2 Å². The molecule has 0 heterocycles. The first-order valence-electron chi connectivity index (χ1n) is 7.83. The summed E-state index contributed by atoms with van der Waals surface area (Å²) in [6, 6.07) is 16.8. The Morgan fingerprint density at radius 1 is 0.808 bits per heavy atom. The van der Waals surface area contributed by atoms with Crippen LogP contribution in [0.15, 0.2) is 65.7 Å². The Kier molecular flexibility index (Phi) is 5.34. The fourth-order valence-corrected chi connectivity index (χ4v) is 2.52. The molecule has 0 radical (unpaired) electrons. The van der Waals surface area contributed by atoms with Gasteiger partial charge in [0.25, 0.3) is 0 Å². The van der Waals surface area contributed by atoms with Crippen LogP contribution in [0.1, 0.15) is 16.7 Å². The predicted molar refractivity (Wildman–Crippen MR) is 104 cm³/mol. The number of aryl methyl sites for hydroxylation is 1. The van der Waals surface area contributed by atoms with Gasteiger partial charge in [0, 0.05) is 5.56 Å². The molecule has 1 nitrogen and oxygen atoms in total. The second-order valence-electron chi connectivity index (χ2n) is 5.68. The van der Waals surface area contributed by atoms with Crippen LogP contribution in [0.3, 0.4) is 0 Å². The number of nitrogens with zero attached hydrogens (tertiary/aromatic N) is 1. The smallest absolute Gasteiger partial charge is 0.142 e. The third kappa shape index (κ3) is 4.10. The molecule has 0 amide bonds. The number of thiocarbonyl (C=S) groups is 1. The first kappa shape index (κ1) is 17.7. The molecule has 0 aromatic heterocycles. The van der Waals surface area contributed by atoms with Crippen molar-refractivity contribution in [3.63, 3.8) is 0 Å². The summed E-state index contributed by atoms with van der Waals surface area (Å²) in [6.07, 6.45) is 0. The summed E-state index contributed by atoms with van der Waals surface area (Å²) >= 11 is 4.55. The zero-order valence-corrected chi connectivity index (χ0v) is 14.7. The monoisotopic (exact) mass is 361 g/mol. The Balaban J connectivity index is 1.93. The van der Waals surface area contributed by atoms with Gasteiger partial charge in [-0.3, -0.25) is 0 Å². The Labute approximate surface area is 156 Å². The molecule has 26 heavy (non-hydrogen) atoms. The highest BCUT2D eigenvalue weighted by molar-refractivity contribution is 7.78.